The number of carbonyl (C=O) groups is 2. The number of phenolic OH excluding ortho intramolecular Hbond substituents is 1. The van der Waals surface area contributed by atoms with Gasteiger partial charge >= 0.3 is 7.12 Å². The lowest BCUT2D eigenvalue weighted by Gasteiger charge is -2.43. The number of nitrogens with zero attached hydrogens (tertiary/aromatic N) is 1. The maximum Gasteiger partial charge on any atom is 0.455 e. The number of phenols is 1. The number of amides is 2. The van der Waals surface area contributed by atoms with Gasteiger partial charge in [0.05, 0.1) is 24.5 Å². The lowest BCUT2D eigenvalue weighted by molar-refractivity contribution is -0.143. The van der Waals surface area contributed by atoms with Gasteiger partial charge in [0.25, 0.3) is 0 Å². The summed E-state index contributed by atoms with van der Waals surface area (Å²) in [6, 6.07) is 7.06. The van der Waals surface area contributed by atoms with Gasteiger partial charge in [0.1, 0.15) is 5.75 Å². The van der Waals surface area contributed by atoms with Gasteiger partial charge in [-0.1, -0.05) is 50.0 Å². The molecule has 2 amide bonds. The van der Waals surface area contributed by atoms with Crippen molar-refractivity contribution in [2.45, 2.75) is 83.2 Å². The number of aromatic hydroxyl groups is 1. The van der Waals surface area contributed by atoms with E-state index in [-0.39, 0.29) is 42.5 Å². The Labute approximate surface area is 219 Å². The Morgan fingerprint density at radius 3 is 2.51 bits per heavy atom. The van der Waals surface area contributed by atoms with Gasteiger partial charge in [-0.05, 0) is 79.6 Å². The number of imide groups is 1. The largest absolute Gasteiger partial charge is 0.508 e. The highest BCUT2D eigenvalue weighted by Gasteiger charge is 2.58. The molecule has 3 fully saturated rings. The van der Waals surface area contributed by atoms with Gasteiger partial charge in [-0.3, -0.25) is 14.5 Å². The van der Waals surface area contributed by atoms with E-state index in [2.05, 4.69) is 13.0 Å². The zero-order valence-electron chi connectivity index (χ0n) is 21.6. The van der Waals surface area contributed by atoms with E-state index in [1.54, 1.807) is 17.0 Å². The third-order valence-corrected chi connectivity index (χ3v) is 8.92. The number of hydrogen-bond acceptors (Lipinski definition) is 6. The van der Waals surface area contributed by atoms with Crippen molar-refractivity contribution in [1.82, 2.24) is 4.90 Å². The first-order valence-electron chi connectivity index (χ1n) is 13.9. The molecule has 2 saturated heterocycles. The molecule has 5 rings (SSSR count). The smallest absolute Gasteiger partial charge is 0.455 e. The van der Waals surface area contributed by atoms with Crippen LogP contribution in [0.1, 0.15) is 70.3 Å². The van der Waals surface area contributed by atoms with Crippen LogP contribution in [-0.4, -0.2) is 57.8 Å². The molecular formula is C29H38BNO6. The van der Waals surface area contributed by atoms with Crippen molar-refractivity contribution in [3.05, 3.63) is 46.5 Å². The molecule has 0 bridgehead atoms. The first-order valence-corrected chi connectivity index (χ1v) is 13.9. The summed E-state index contributed by atoms with van der Waals surface area (Å²) in [5.41, 5.74) is 3.95. The molecule has 0 radical (unpaired) electrons. The summed E-state index contributed by atoms with van der Waals surface area (Å²) in [6.45, 7) is 1.93. The molecule has 8 heteroatoms. The second kappa shape index (κ2) is 11.1. The molecule has 0 spiro atoms. The quantitative estimate of drug-likeness (QED) is 0.292. The number of aliphatic hydroxyl groups excluding tert-OH is 1. The van der Waals surface area contributed by atoms with Gasteiger partial charge < -0.3 is 19.9 Å². The van der Waals surface area contributed by atoms with Crippen LogP contribution in [0.25, 0.3) is 6.08 Å². The normalized spacial score (nSPS) is 29.1. The van der Waals surface area contributed by atoms with Gasteiger partial charge in [0, 0.05) is 6.04 Å². The number of aliphatic hydroxyl groups is 1. The Morgan fingerprint density at radius 2 is 1.84 bits per heavy atom. The molecule has 3 N–H and O–H groups in total. The molecule has 198 valence electrons. The summed E-state index contributed by atoms with van der Waals surface area (Å²) in [7, 11) is -1.00. The lowest BCUT2D eigenvalue weighted by atomic mass is 9.58. The average molecular weight is 507 g/mol. The maximum atomic E-state index is 13.7. The van der Waals surface area contributed by atoms with Gasteiger partial charge in [-0.15, -0.1) is 0 Å². The molecule has 1 aromatic rings. The number of benzene rings is 1. The van der Waals surface area contributed by atoms with Crippen molar-refractivity contribution in [3.63, 3.8) is 0 Å². The fourth-order valence-electron chi connectivity index (χ4n) is 7.11. The Morgan fingerprint density at radius 1 is 1.11 bits per heavy atom. The van der Waals surface area contributed by atoms with Crippen molar-refractivity contribution in [2.24, 2.45) is 17.8 Å². The fraction of sp³-hybridized carbons (Fsp3) is 0.586. The number of rotatable bonds is 7. The van der Waals surface area contributed by atoms with Crippen LogP contribution in [0.15, 0.2) is 41.0 Å². The third-order valence-electron chi connectivity index (χ3n) is 8.92. The molecule has 7 nitrogen and oxygen atoms in total. The van der Waals surface area contributed by atoms with E-state index in [0.29, 0.717) is 12.8 Å². The van der Waals surface area contributed by atoms with Crippen LogP contribution in [0.3, 0.4) is 0 Å². The summed E-state index contributed by atoms with van der Waals surface area (Å²) < 4.78 is 6.02. The fourth-order valence-corrected chi connectivity index (χ4v) is 7.11. The van der Waals surface area contributed by atoms with Crippen LogP contribution in [0.4, 0.5) is 0 Å². The van der Waals surface area contributed by atoms with Crippen LogP contribution >= 0.6 is 0 Å². The monoisotopic (exact) mass is 507 g/mol. The second-order valence-electron chi connectivity index (χ2n) is 11.1. The summed E-state index contributed by atoms with van der Waals surface area (Å²) in [4.78, 5) is 28.8. The second-order valence-corrected chi connectivity index (χ2v) is 11.1. The molecule has 1 saturated carbocycles. The number of fused-ring (bicyclic) bond motifs is 3. The zero-order valence-corrected chi connectivity index (χ0v) is 21.6. The maximum absolute atomic E-state index is 13.7. The molecule has 4 atom stereocenters. The SMILES string of the molecule is CC/C(=C\c1ccc(O)cc1)CC[C@H]1OB(O)C[C@H]2C1=C(CO)C[C@H]1C(=O)N(C3CCCCC3)C(=O)[C@H]12. The van der Waals surface area contributed by atoms with E-state index in [0.717, 1.165) is 61.7 Å². The standard InChI is InChI=1S/C29H38BNO6/c1-2-18(14-19-8-11-22(33)12-9-19)10-13-25-26-20(17-32)15-23-27(24(26)16-30(36)37-25)29(35)31(28(23)34)21-6-4-3-5-7-21/h8-9,11-12,14,21,23-25,27,32-33,36H,2-7,10,13,15-17H2,1H3/b18-14+/t23-,24+,25-,27-/m1/s1. The van der Waals surface area contributed by atoms with E-state index in [4.69, 9.17) is 4.65 Å². The van der Waals surface area contributed by atoms with Crippen LogP contribution in [-0.2, 0) is 14.2 Å². The Hall–Kier alpha value is -2.42. The van der Waals surface area contributed by atoms with Gasteiger partial charge in [0.2, 0.25) is 11.8 Å². The predicted octanol–water partition coefficient (Wildman–Crippen LogP) is 4.09. The summed E-state index contributed by atoms with van der Waals surface area (Å²) in [5.74, 6) is -1.15. The van der Waals surface area contributed by atoms with E-state index in [9.17, 15) is 24.8 Å². The highest BCUT2D eigenvalue weighted by Crippen LogP contribution is 2.51. The van der Waals surface area contributed by atoms with E-state index >= 15 is 0 Å². The molecule has 4 aliphatic rings. The highest BCUT2D eigenvalue weighted by molar-refractivity contribution is 6.43. The third kappa shape index (κ3) is 5.16. The van der Waals surface area contributed by atoms with Crippen molar-refractivity contribution in [1.29, 1.82) is 0 Å². The minimum atomic E-state index is -1.00. The van der Waals surface area contributed by atoms with Crippen molar-refractivity contribution < 1.29 is 29.5 Å². The molecule has 1 aromatic carbocycles. The molecule has 0 unspecified atom stereocenters. The highest BCUT2D eigenvalue weighted by atomic mass is 16.5. The first-order chi connectivity index (χ1) is 17.9. The first kappa shape index (κ1) is 26.2. The Balaban J connectivity index is 1.38. The summed E-state index contributed by atoms with van der Waals surface area (Å²) in [6.07, 6.45) is 9.54. The molecule has 2 heterocycles. The summed E-state index contributed by atoms with van der Waals surface area (Å²) >= 11 is 0. The van der Waals surface area contributed by atoms with Crippen LogP contribution < -0.4 is 0 Å². The van der Waals surface area contributed by atoms with Gasteiger partial charge in [0.15, 0.2) is 0 Å². The number of allylic oxidation sites excluding steroid dienone is 1. The zero-order chi connectivity index (χ0) is 26.1. The summed E-state index contributed by atoms with van der Waals surface area (Å²) in [5, 5.41) is 30.6. The van der Waals surface area contributed by atoms with Crippen molar-refractivity contribution >= 4 is 25.0 Å². The topological polar surface area (TPSA) is 107 Å². The number of likely N-dealkylation sites (tertiary alicyclic amines) is 1. The van der Waals surface area contributed by atoms with Crippen LogP contribution in [0.5, 0.6) is 5.75 Å². The minimum absolute atomic E-state index is 0.0157. The van der Waals surface area contributed by atoms with E-state index in [1.807, 2.05) is 12.1 Å². The molecule has 37 heavy (non-hydrogen) atoms. The molecule has 0 aromatic heterocycles. The van der Waals surface area contributed by atoms with E-state index in [1.165, 1.54) is 5.57 Å². The van der Waals surface area contributed by atoms with Crippen molar-refractivity contribution in [3.8, 4) is 5.75 Å². The van der Waals surface area contributed by atoms with Gasteiger partial charge in [-0.2, -0.15) is 0 Å². The Bertz CT molecular complexity index is 1080. The molecular weight excluding hydrogens is 469 g/mol. The number of carbonyl (C=O) groups excluding carboxylic acids is 2. The molecule has 2 aliphatic heterocycles. The molecule has 2 aliphatic carbocycles. The van der Waals surface area contributed by atoms with E-state index < -0.39 is 25.1 Å². The minimum Gasteiger partial charge on any atom is -0.508 e. The Kier molecular flexibility index (Phi) is 7.89. The lowest BCUT2D eigenvalue weighted by Crippen LogP contribution is -2.47. The average Bonchev–Trinajstić information content (AvgIpc) is 3.16. The van der Waals surface area contributed by atoms with Gasteiger partial charge in [-0.25, -0.2) is 0 Å². The van der Waals surface area contributed by atoms with Crippen LogP contribution in [0.2, 0.25) is 6.32 Å². The number of hydrogen-bond donors (Lipinski definition) is 3. The van der Waals surface area contributed by atoms with Crippen LogP contribution in [0, 0.1) is 17.8 Å². The predicted molar refractivity (Wildman–Crippen MR) is 141 cm³/mol. The van der Waals surface area contributed by atoms with Crippen molar-refractivity contribution in [2.75, 3.05) is 6.61 Å².